The van der Waals surface area contributed by atoms with Crippen molar-refractivity contribution >= 4 is 22.1 Å². The zero-order valence-electron chi connectivity index (χ0n) is 32.4. The molecule has 0 fully saturated rings. The fourth-order valence-electron chi connectivity index (χ4n) is 9.20. The van der Waals surface area contributed by atoms with E-state index in [0.717, 1.165) is 0 Å². The molecule has 0 aliphatic heterocycles. The Morgan fingerprint density at radius 3 is 1.39 bits per heavy atom. The Bertz CT molecular complexity index is 2490. The van der Waals surface area contributed by atoms with E-state index in [0.29, 0.717) is 5.92 Å². The van der Waals surface area contributed by atoms with E-state index in [4.69, 9.17) is 0 Å². The normalized spacial score (nSPS) is 14.8. The molecule has 0 spiro atoms. The highest BCUT2D eigenvalue weighted by Gasteiger charge is 2.36. The zero-order valence-corrected chi connectivity index (χ0v) is 32.4. The van der Waals surface area contributed by atoms with Crippen LogP contribution < -0.4 is 10.6 Å². The topological polar surface area (TPSA) is 24.1 Å². The predicted octanol–water partition coefficient (Wildman–Crippen LogP) is 14.0. The Hall–Kier alpha value is -6.38. The molecular weight excluding hydrogens is 677 g/mol. The summed E-state index contributed by atoms with van der Waals surface area (Å²) in [6.07, 6.45) is 0. The van der Waals surface area contributed by atoms with Gasteiger partial charge in [0.15, 0.2) is 0 Å². The number of hydrogen-bond donors (Lipinski definition) is 2. The highest BCUT2D eigenvalue weighted by molar-refractivity contribution is 5.93. The van der Waals surface area contributed by atoms with Crippen LogP contribution in [0.3, 0.4) is 0 Å². The van der Waals surface area contributed by atoms with Crippen LogP contribution in [-0.4, -0.2) is 0 Å². The van der Waals surface area contributed by atoms with E-state index in [9.17, 15) is 0 Å². The van der Waals surface area contributed by atoms with Crippen LogP contribution in [-0.2, 0) is 0 Å². The molecule has 0 amide bonds. The van der Waals surface area contributed by atoms with Crippen molar-refractivity contribution in [3.05, 3.63) is 250 Å². The molecule has 0 saturated heterocycles. The van der Waals surface area contributed by atoms with Crippen LogP contribution in [0.2, 0.25) is 0 Å². The predicted molar refractivity (Wildman–Crippen MR) is 236 cm³/mol. The summed E-state index contributed by atoms with van der Waals surface area (Å²) in [6, 6.07) is 71.4. The first kappa shape index (κ1) is 35.3. The summed E-state index contributed by atoms with van der Waals surface area (Å²) in [7, 11) is 0. The van der Waals surface area contributed by atoms with Gasteiger partial charge in [0.25, 0.3) is 0 Å². The summed E-state index contributed by atoms with van der Waals surface area (Å²) in [6.45, 7) is 6.86. The maximum atomic E-state index is 4.31. The lowest BCUT2D eigenvalue weighted by molar-refractivity contribution is 0.677. The SMILES string of the molecule is Cc1cc(C(c2ccccc2)c2ccccc2)cc(C(c2ccccc2)c2ccccc2)c1NC1c2cccc3cccc(c23)C1Nc1ccccc1C(C)C. The van der Waals surface area contributed by atoms with Gasteiger partial charge in [-0.1, -0.05) is 202 Å². The van der Waals surface area contributed by atoms with E-state index in [-0.39, 0.29) is 23.9 Å². The number of benzene rings is 8. The molecule has 0 aromatic heterocycles. The molecule has 0 saturated carbocycles. The molecule has 274 valence electrons. The highest BCUT2D eigenvalue weighted by Crippen LogP contribution is 2.50. The minimum atomic E-state index is -0.0224. The molecule has 2 heteroatoms. The number of rotatable bonds is 11. The molecule has 1 aliphatic carbocycles. The van der Waals surface area contributed by atoms with Crippen LogP contribution in [0.4, 0.5) is 11.4 Å². The van der Waals surface area contributed by atoms with Gasteiger partial charge < -0.3 is 10.6 Å². The fourth-order valence-corrected chi connectivity index (χ4v) is 9.20. The average Bonchev–Trinajstić information content (AvgIpc) is 3.53. The molecule has 2 unspecified atom stereocenters. The minimum Gasteiger partial charge on any atom is -0.376 e. The van der Waals surface area contributed by atoms with E-state index >= 15 is 0 Å². The molecular formula is C54H48N2. The van der Waals surface area contributed by atoms with Gasteiger partial charge in [0, 0.05) is 23.2 Å². The van der Waals surface area contributed by atoms with Crippen molar-refractivity contribution in [1.29, 1.82) is 0 Å². The third-order valence-electron chi connectivity index (χ3n) is 11.7. The quantitative estimate of drug-likeness (QED) is 0.130. The van der Waals surface area contributed by atoms with Gasteiger partial charge in [-0.15, -0.1) is 0 Å². The second-order valence-corrected chi connectivity index (χ2v) is 15.6. The Labute approximate surface area is 331 Å². The maximum absolute atomic E-state index is 4.31. The van der Waals surface area contributed by atoms with E-state index in [1.807, 2.05) is 0 Å². The van der Waals surface area contributed by atoms with Crippen LogP contribution in [0, 0.1) is 6.92 Å². The second kappa shape index (κ2) is 15.4. The molecule has 2 atom stereocenters. The molecule has 0 radical (unpaired) electrons. The van der Waals surface area contributed by atoms with Crippen LogP contribution >= 0.6 is 0 Å². The van der Waals surface area contributed by atoms with Crippen molar-refractivity contribution < 1.29 is 0 Å². The van der Waals surface area contributed by atoms with Crippen LogP contribution in [0.5, 0.6) is 0 Å². The average molecular weight is 725 g/mol. The van der Waals surface area contributed by atoms with Gasteiger partial charge in [0.1, 0.15) is 0 Å². The first-order valence-corrected chi connectivity index (χ1v) is 20.0. The minimum absolute atomic E-state index is 0.00149. The summed E-state index contributed by atoms with van der Waals surface area (Å²) in [5.74, 6) is 0.465. The lowest BCUT2D eigenvalue weighted by atomic mass is 9.78. The molecule has 1 aliphatic rings. The Morgan fingerprint density at radius 1 is 0.411 bits per heavy atom. The molecule has 2 nitrogen and oxygen atoms in total. The van der Waals surface area contributed by atoms with Crippen LogP contribution in [0.15, 0.2) is 194 Å². The highest BCUT2D eigenvalue weighted by atomic mass is 15.0. The monoisotopic (exact) mass is 724 g/mol. The summed E-state index contributed by atoms with van der Waals surface area (Å²) in [4.78, 5) is 0. The van der Waals surface area contributed by atoms with Gasteiger partial charge in [-0.05, 0) is 85.3 Å². The van der Waals surface area contributed by atoms with Crippen molar-refractivity contribution in [3.8, 4) is 0 Å². The fraction of sp³-hybridized carbons (Fsp3) is 0.148. The molecule has 0 heterocycles. The smallest absolute Gasteiger partial charge is 0.0763 e. The van der Waals surface area contributed by atoms with Crippen LogP contribution in [0.25, 0.3) is 10.8 Å². The van der Waals surface area contributed by atoms with Crippen molar-refractivity contribution in [2.24, 2.45) is 0 Å². The summed E-state index contributed by atoms with van der Waals surface area (Å²) in [5.41, 5.74) is 15.3. The maximum Gasteiger partial charge on any atom is 0.0763 e. The first-order chi connectivity index (χ1) is 27.5. The van der Waals surface area contributed by atoms with Gasteiger partial charge >= 0.3 is 0 Å². The molecule has 56 heavy (non-hydrogen) atoms. The number of hydrogen-bond acceptors (Lipinski definition) is 2. The molecule has 9 rings (SSSR count). The Kier molecular flexibility index (Phi) is 9.71. The van der Waals surface area contributed by atoms with E-state index in [1.54, 1.807) is 0 Å². The van der Waals surface area contributed by atoms with E-state index in [2.05, 4.69) is 226 Å². The van der Waals surface area contributed by atoms with Gasteiger partial charge in [-0.2, -0.15) is 0 Å². The lowest BCUT2D eigenvalue weighted by Gasteiger charge is -2.32. The lowest BCUT2D eigenvalue weighted by Crippen LogP contribution is -2.24. The van der Waals surface area contributed by atoms with Gasteiger partial charge in [-0.3, -0.25) is 0 Å². The van der Waals surface area contributed by atoms with Crippen molar-refractivity contribution in [1.82, 2.24) is 0 Å². The number of aryl methyl sites for hydroxylation is 1. The van der Waals surface area contributed by atoms with Crippen molar-refractivity contribution in [2.75, 3.05) is 10.6 Å². The summed E-state index contributed by atoms with van der Waals surface area (Å²) >= 11 is 0. The third kappa shape index (κ3) is 6.66. The Morgan fingerprint density at radius 2 is 0.875 bits per heavy atom. The third-order valence-corrected chi connectivity index (χ3v) is 11.7. The molecule has 0 bridgehead atoms. The number of nitrogens with one attached hydrogen (secondary N) is 2. The van der Waals surface area contributed by atoms with Gasteiger partial charge in [-0.25, -0.2) is 0 Å². The number of anilines is 2. The summed E-state index contributed by atoms with van der Waals surface area (Å²) < 4.78 is 0. The van der Waals surface area contributed by atoms with Gasteiger partial charge in [0.2, 0.25) is 0 Å². The van der Waals surface area contributed by atoms with E-state index < -0.39 is 0 Å². The Balaban J connectivity index is 1.26. The zero-order chi connectivity index (χ0) is 38.0. The second-order valence-electron chi connectivity index (χ2n) is 15.6. The standard InChI is InChI=1S/C54H48N2/c1-36(2)44-30-16-17-33-48(44)55-53-45-31-18-28-42-29-19-32-46(51(42)45)54(53)56-52-37(3)34-43(49(38-20-8-4-9-21-38)39-22-10-5-11-23-39)35-47(52)50(40-24-12-6-13-25-40)41-26-14-7-15-27-41/h4-36,49-50,53-56H,1-3H3. The number of para-hydroxylation sites is 1. The van der Waals surface area contributed by atoms with Gasteiger partial charge in [0.05, 0.1) is 12.1 Å². The molecule has 8 aromatic rings. The molecule has 2 N–H and O–H groups in total. The summed E-state index contributed by atoms with van der Waals surface area (Å²) in [5, 5.41) is 11.0. The van der Waals surface area contributed by atoms with Crippen LogP contribution in [0.1, 0.15) is 99.3 Å². The first-order valence-electron chi connectivity index (χ1n) is 20.0. The van der Waals surface area contributed by atoms with Crippen molar-refractivity contribution in [2.45, 2.75) is 50.6 Å². The largest absolute Gasteiger partial charge is 0.376 e. The molecule has 8 aromatic carbocycles. The van der Waals surface area contributed by atoms with Crippen molar-refractivity contribution in [3.63, 3.8) is 0 Å². The van der Waals surface area contributed by atoms with E-state index in [1.165, 1.54) is 77.8 Å².